The predicted molar refractivity (Wildman–Crippen MR) is 127 cm³/mol. The minimum absolute atomic E-state index is 0.0202. The van der Waals surface area contributed by atoms with Gasteiger partial charge < -0.3 is 4.57 Å². The van der Waals surface area contributed by atoms with E-state index in [1.54, 1.807) is 21.3 Å². The minimum Gasteiger partial charge on any atom is -0.330 e. The van der Waals surface area contributed by atoms with E-state index in [0.717, 1.165) is 5.56 Å². The van der Waals surface area contributed by atoms with E-state index in [9.17, 15) is 13.6 Å². The predicted octanol–water partition coefficient (Wildman–Crippen LogP) is 6.13. The highest BCUT2D eigenvalue weighted by Crippen LogP contribution is 2.29. The third-order valence-corrected chi connectivity index (χ3v) is 6.36. The van der Waals surface area contributed by atoms with Gasteiger partial charge >= 0.3 is 0 Å². The minimum atomic E-state index is -0.471. The second kappa shape index (κ2) is 8.45. The molecule has 0 radical (unpaired) electrons. The molecule has 5 rings (SSSR count). The maximum Gasteiger partial charge on any atom is 0.277 e. The quantitative estimate of drug-likeness (QED) is 0.314. The standard InChI is InChI=1S/C26H20ClF2N3O/c1-16(17-6-3-2-4-7-17)13-31-15-30-24-19-12-18(28)10-11-23(19)32(25(24)26(31)33)14-20-21(27)8-5-9-22(20)29/h2-12,15-16H,13-14H2,1H3/t16-/m1/s1. The van der Waals surface area contributed by atoms with E-state index in [0.29, 0.717) is 23.0 Å². The van der Waals surface area contributed by atoms with Crippen molar-refractivity contribution in [2.75, 3.05) is 0 Å². The molecule has 0 spiro atoms. The summed E-state index contributed by atoms with van der Waals surface area (Å²) in [6.45, 7) is 2.48. The van der Waals surface area contributed by atoms with Crippen molar-refractivity contribution in [2.24, 2.45) is 0 Å². The first-order valence-corrected chi connectivity index (χ1v) is 11.0. The summed E-state index contributed by atoms with van der Waals surface area (Å²) >= 11 is 6.27. The smallest absolute Gasteiger partial charge is 0.277 e. The molecule has 7 heteroatoms. The molecule has 33 heavy (non-hydrogen) atoms. The van der Waals surface area contributed by atoms with E-state index >= 15 is 0 Å². The average Bonchev–Trinajstić information content (AvgIpc) is 3.12. The van der Waals surface area contributed by atoms with Crippen LogP contribution < -0.4 is 5.56 Å². The molecular formula is C26H20ClF2N3O. The van der Waals surface area contributed by atoms with Crippen LogP contribution in [0.15, 0.2) is 77.9 Å². The molecule has 2 aromatic heterocycles. The Balaban J connectivity index is 1.70. The van der Waals surface area contributed by atoms with Gasteiger partial charge in [0, 0.05) is 22.5 Å². The van der Waals surface area contributed by atoms with E-state index in [1.165, 1.54) is 30.6 Å². The molecule has 0 unspecified atom stereocenters. The molecule has 0 aliphatic heterocycles. The highest BCUT2D eigenvalue weighted by Gasteiger charge is 2.20. The molecule has 5 aromatic rings. The van der Waals surface area contributed by atoms with Crippen LogP contribution in [0.4, 0.5) is 8.78 Å². The van der Waals surface area contributed by atoms with Gasteiger partial charge in [0.05, 0.1) is 18.4 Å². The highest BCUT2D eigenvalue weighted by atomic mass is 35.5. The highest BCUT2D eigenvalue weighted by molar-refractivity contribution is 6.31. The number of hydrogen-bond acceptors (Lipinski definition) is 2. The van der Waals surface area contributed by atoms with Gasteiger partial charge in [0.1, 0.15) is 22.7 Å². The van der Waals surface area contributed by atoms with Crippen molar-refractivity contribution < 1.29 is 8.78 Å². The number of rotatable bonds is 5. The van der Waals surface area contributed by atoms with Crippen LogP contribution in [0.2, 0.25) is 5.02 Å². The van der Waals surface area contributed by atoms with Crippen molar-refractivity contribution in [3.05, 3.63) is 111 Å². The Bertz CT molecular complexity index is 1520. The van der Waals surface area contributed by atoms with E-state index < -0.39 is 11.6 Å². The van der Waals surface area contributed by atoms with Crippen LogP contribution in [-0.4, -0.2) is 14.1 Å². The van der Waals surface area contributed by atoms with Gasteiger partial charge in [0.15, 0.2) is 0 Å². The summed E-state index contributed by atoms with van der Waals surface area (Å²) in [5.41, 5.74) is 2.35. The monoisotopic (exact) mass is 463 g/mol. The third kappa shape index (κ3) is 3.80. The molecular weight excluding hydrogens is 444 g/mol. The number of nitrogens with zero attached hydrogens (tertiary/aromatic N) is 3. The fraction of sp³-hybridized carbons (Fsp3) is 0.154. The first-order chi connectivity index (χ1) is 15.9. The van der Waals surface area contributed by atoms with Crippen LogP contribution in [0.1, 0.15) is 24.0 Å². The number of fused-ring (bicyclic) bond motifs is 3. The van der Waals surface area contributed by atoms with E-state index in [4.69, 9.17) is 11.6 Å². The van der Waals surface area contributed by atoms with E-state index in [2.05, 4.69) is 4.98 Å². The lowest BCUT2D eigenvalue weighted by Gasteiger charge is -2.14. The van der Waals surface area contributed by atoms with Gasteiger partial charge in [0.2, 0.25) is 0 Å². The normalized spacial score (nSPS) is 12.5. The molecule has 0 bridgehead atoms. The van der Waals surface area contributed by atoms with Gasteiger partial charge in [-0.15, -0.1) is 0 Å². The Kier molecular flexibility index (Phi) is 5.46. The Morgan fingerprint density at radius 1 is 1.03 bits per heavy atom. The van der Waals surface area contributed by atoms with Crippen LogP contribution in [0.3, 0.4) is 0 Å². The zero-order valence-corrected chi connectivity index (χ0v) is 18.6. The fourth-order valence-corrected chi connectivity index (χ4v) is 4.51. The van der Waals surface area contributed by atoms with Crippen molar-refractivity contribution in [1.29, 1.82) is 0 Å². The summed E-state index contributed by atoms with van der Waals surface area (Å²) in [5, 5.41) is 0.756. The van der Waals surface area contributed by atoms with Crippen molar-refractivity contribution >= 4 is 33.5 Å². The van der Waals surface area contributed by atoms with Gasteiger partial charge in [-0.3, -0.25) is 9.36 Å². The number of benzene rings is 3. The second-order valence-corrected chi connectivity index (χ2v) is 8.57. The molecule has 0 aliphatic rings. The second-order valence-electron chi connectivity index (χ2n) is 8.16. The maximum atomic E-state index is 14.6. The van der Waals surface area contributed by atoms with Gasteiger partial charge in [-0.1, -0.05) is 54.9 Å². The zero-order valence-electron chi connectivity index (χ0n) is 17.8. The van der Waals surface area contributed by atoms with Gasteiger partial charge in [-0.05, 0) is 41.8 Å². The lowest BCUT2D eigenvalue weighted by molar-refractivity contribution is 0.574. The van der Waals surface area contributed by atoms with Gasteiger partial charge in [0.25, 0.3) is 5.56 Å². The van der Waals surface area contributed by atoms with Crippen LogP contribution in [0.25, 0.3) is 21.9 Å². The van der Waals surface area contributed by atoms with Gasteiger partial charge in [-0.2, -0.15) is 0 Å². The van der Waals surface area contributed by atoms with E-state index in [1.807, 2.05) is 37.3 Å². The molecule has 0 saturated carbocycles. The zero-order chi connectivity index (χ0) is 23.1. The lowest BCUT2D eigenvalue weighted by Crippen LogP contribution is -2.25. The first kappa shape index (κ1) is 21.3. The van der Waals surface area contributed by atoms with Crippen LogP contribution >= 0.6 is 11.6 Å². The first-order valence-electron chi connectivity index (χ1n) is 10.6. The van der Waals surface area contributed by atoms with Crippen molar-refractivity contribution in [1.82, 2.24) is 14.1 Å². The van der Waals surface area contributed by atoms with Crippen molar-refractivity contribution in [3.63, 3.8) is 0 Å². The molecule has 166 valence electrons. The maximum absolute atomic E-state index is 14.6. The Hall–Kier alpha value is -3.51. The number of aromatic nitrogens is 3. The summed E-state index contributed by atoms with van der Waals surface area (Å²) < 4.78 is 31.9. The summed E-state index contributed by atoms with van der Waals surface area (Å²) in [6.07, 6.45) is 1.49. The largest absolute Gasteiger partial charge is 0.330 e. The Morgan fingerprint density at radius 2 is 1.82 bits per heavy atom. The third-order valence-electron chi connectivity index (χ3n) is 6.01. The Labute approximate surface area is 193 Å². The summed E-state index contributed by atoms with van der Waals surface area (Å²) in [5.74, 6) is -0.838. The average molecular weight is 464 g/mol. The molecule has 0 saturated heterocycles. The Morgan fingerprint density at radius 3 is 2.58 bits per heavy atom. The molecule has 1 atom stereocenters. The van der Waals surface area contributed by atoms with Gasteiger partial charge in [-0.25, -0.2) is 13.8 Å². The van der Waals surface area contributed by atoms with Crippen LogP contribution in [0.5, 0.6) is 0 Å². The molecule has 3 aromatic carbocycles. The van der Waals surface area contributed by atoms with Crippen LogP contribution in [-0.2, 0) is 13.1 Å². The van der Waals surface area contributed by atoms with Crippen LogP contribution in [0, 0.1) is 11.6 Å². The lowest BCUT2D eigenvalue weighted by atomic mass is 10.0. The summed E-state index contributed by atoms with van der Waals surface area (Å²) in [6, 6.07) is 18.6. The molecule has 0 N–H and O–H groups in total. The van der Waals surface area contributed by atoms with Crippen molar-refractivity contribution in [3.8, 4) is 0 Å². The molecule has 0 aliphatic carbocycles. The molecule has 0 amide bonds. The summed E-state index contributed by atoms with van der Waals surface area (Å²) in [7, 11) is 0. The topological polar surface area (TPSA) is 39.8 Å². The molecule has 4 nitrogen and oxygen atoms in total. The number of hydrogen-bond donors (Lipinski definition) is 0. The fourth-order valence-electron chi connectivity index (χ4n) is 4.29. The molecule has 2 heterocycles. The molecule has 0 fully saturated rings. The number of halogens is 3. The van der Waals surface area contributed by atoms with Crippen molar-refractivity contribution in [2.45, 2.75) is 25.9 Å². The SMILES string of the molecule is C[C@H](Cn1cnc2c3cc(F)ccc3n(Cc3c(F)cccc3Cl)c2c1=O)c1ccccc1. The van der Waals surface area contributed by atoms with E-state index in [-0.39, 0.29) is 34.1 Å². The summed E-state index contributed by atoms with van der Waals surface area (Å²) in [4.78, 5) is 18.1.